The summed E-state index contributed by atoms with van der Waals surface area (Å²) in [7, 11) is 3.47. The maximum absolute atomic E-state index is 5.97. The van der Waals surface area contributed by atoms with Crippen molar-refractivity contribution in [3.63, 3.8) is 0 Å². The number of aryl methyl sites for hydroxylation is 1. The van der Waals surface area contributed by atoms with E-state index in [9.17, 15) is 0 Å². The van der Waals surface area contributed by atoms with Crippen molar-refractivity contribution in [1.82, 2.24) is 10.6 Å². The number of guanidine groups is 1. The fraction of sp³-hybridized carbons (Fsp3) is 0.682. The fourth-order valence-corrected chi connectivity index (χ4v) is 3.34. The molecule has 0 atom stereocenters. The van der Waals surface area contributed by atoms with Crippen LogP contribution in [0.5, 0.6) is 5.75 Å². The topological polar surface area (TPSA) is 64.1 Å². The second-order valence-corrected chi connectivity index (χ2v) is 7.29. The van der Waals surface area contributed by atoms with E-state index in [1.807, 2.05) is 0 Å². The van der Waals surface area contributed by atoms with Crippen LogP contribution in [0, 0.1) is 6.92 Å². The van der Waals surface area contributed by atoms with E-state index in [1.54, 1.807) is 14.2 Å². The molecule has 6 nitrogen and oxygen atoms in total. The highest BCUT2D eigenvalue weighted by Crippen LogP contribution is 2.21. The number of hydrogen-bond acceptors (Lipinski definition) is 4. The van der Waals surface area contributed by atoms with Gasteiger partial charge in [-0.05, 0) is 37.8 Å². The number of halogens is 1. The van der Waals surface area contributed by atoms with Crippen molar-refractivity contribution in [3.8, 4) is 5.75 Å². The molecular weight excluding hydrogens is 481 g/mol. The Labute approximate surface area is 193 Å². The minimum Gasteiger partial charge on any atom is -0.491 e. The smallest absolute Gasteiger partial charge is 0.191 e. The molecule has 0 heterocycles. The lowest BCUT2D eigenvalue weighted by molar-refractivity contribution is 0.0277. The molecule has 0 bridgehead atoms. The van der Waals surface area contributed by atoms with Gasteiger partial charge in [-0.25, -0.2) is 0 Å². The molecule has 1 aliphatic carbocycles. The number of ether oxygens (including phenoxy) is 3. The van der Waals surface area contributed by atoms with Crippen LogP contribution in [0.2, 0.25) is 0 Å². The summed E-state index contributed by atoms with van der Waals surface area (Å²) < 4.78 is 16.9. The Morgan fingerprint density at radius 1 is 1.10 bits per heavy atom. The van der Waals surface area contributed by atoms with Gasteiger partial charge < -0.3 is 24.8 Å². The van der Waals surface area contributed by atoms with Crippen molar-refractivity contribution in [1.29, 1.82) is 0 Å². The van der Waals surface area contributed by atoms with Crippen LogP contribution in [0.1, 0.15) is 49.7 Å². The zero-order valence-electron chi connectivity index (χ0n) is 18.2. The van der Waals surface area contributed by atoms with Crippen LogP contribution in [0.15, 0.2) is 23.2 Å². The SMILES string of the molecule is CN=C(NCCCOC1CCCCC1)NCc1ccc(C)cc1OCCOC.I. The molecule has 0 saturated heterocycles. The average molecular weight is 519 g/mol. The van der Waals surface area contributed by atoms with Gasteiger partial charge in [0, 0.05) is 39.4 Å². The van der Waals surface area contributed by atoms with Crippen molar-refractivity contribution in [2.75, 3.05) is 40.5 Å². The summed E-state index contributed by atoms with van der Waals surface area (Å²) >= 11 is 0. The molecule has 2 rings (SSSR count). The van der Waals surface area contributed by atoms with Crippen molar-refractivity contribution < 1.29 is 14.2 Å². The first-order valence-electron chi connectivity index (χ1n) is 10.5. The first-order chi connectivity index (χ1) is 13.7. The number of nitrogens with one attached hydrogen (secondary N) is 2. The molecule has 0 aromatic heterocycles. The van der Waals surface area contributed by atoms with Crippen molar-refractivity contribution >= 4 is 29.9 Å². The maximum Gasteiger partial charge on any atom is 0.191 e. The number of aliphatic imine (C=N–C) groups is 1. The predicted octanol–water partition coefficient (Wildman–Crippen LogP) is 4.04. The van der Waals surface area contributed by atoms with Crippen LogP contribution in [0.4, 0.5) is 0 Å². The van der Waals surface area contributed by atoms with E-state index in [2.05, 4.69) is 40.7 Å². The number of benzene rings is 1. The molecule has 1 aromatic rings. The van der Waals surface area contributed by atoms with E-state index in [-0.39, 0.29) is 24.0 Å². The van der Waals surface area contributed by atoms with Crippen molar-refractivity contribution in [2.45, 2.75) is 58.1 Å². The molecule has 0 radical (unpaired) electrons. The normalized spacial score (nSPS) is 14.9. The van der Waals surface area contributed by atoms with Gasteiger partial charge in [-0.2, -0.15) is 0 Å². The highest BCUT2D eigenvalue weighted by Gasteiger charge is 2.13. The Hall–Kier alpha value is -1.06. The quantitative estimate of drug-likeness (QED) is 0.200. The molecule has 1 aliphatic rings. The standard InChI is InChI=1S/C22H37N3O3.HI/c1-18-10-11-19(21(16-18)28-15-14-26-3)17-25-22(23-2)24-12-7-13-27-20-8-5-4-6-9-20;/h10-11,16,20H,4-9,12-15,17H2,1-3H3,(H2,23,24,25);1H. The van der Waals surface area contributed by atoms with Crippen LogP contribution in [-0.4, -0.2) is 52.6 Å². The van der Waals surface area contributed by atoms with Crippen molar-refractivity contribution in [3.05, 3.63) is 29.3 Å². The summed E-state index contributed by atoms with van der Waals surface area (Å²) in [5.41, 5.74) is 2.28. The Balaban J connectivity index is 0.00000420. The second kappa shape index (κ2) is 15.7. The van der Waals surface area contributed by atoms with Gasteiger partial charge in [-0.15, -0.1) is 24.0 Å². The summed E-state index contributed by atoms with van der Waals surface area (Å²) in [4.78, 5) is 4.31. The molecule has 0 spiro atoms. The number of nitrogens with zero attached hydrogens (tertiary/aromatic N) is 1. The lowest BCUT2D eigenvalue weighted by Crippen LogP contribution is -2.37. The molecule has 0 unspecified atom stereocenters. The van der Waals surface area contributed by atoms with E-state index in [4.69, 9.17) is 14.2 Å². The van der Waals surface area contributed by atoms with Gasteiger partial charge in [0.15, 0.2) is 5.96 Å². The molecule has 1 aromatic carbocycles. The lowest BCUT2D eigenvalue weighted by Gasteiger charge is -2.22. The third-order valence-corrected chi connectivity index (χ3v) is 4.96. The van der Waals surface area contributed by atoms with Gasteiger partial charge in [0.1, 0.15) is 12.4 Å². The molecule has 0 amide bonds. The van der Waals surface area contributed by atoms with Crippen LogP contribution in [0.3, 0.4) is 0 Å². The first-order valence-corrected chi connectivity index (χ1v) is 10.5. The summed E-state index contributed by atoms with van der Waals surface area (Å²) in [6, 6.07) is 6.25. The molecule has 0 aliphatic heterocycles. The van der Waals surface area contributed by atoms with E-state index in [1.165, 1.54) is 37.7 Å². The Kier molecular flexibility index (Phi) is 14.1. The first kappa shape index (κ1) is 26.0. The maximum atomic E-state index is 5.97. The number of methoxy groups -OCH3 is 1. The summed E-state index contributed by atoms with van der Waals surface area (Å²) in [6.45, 7) is 5.49. The van der Waals surface area contributed by atoms with Crippen LogP contribution in [0.25, 0.3) is 0 Å². The van der Waals surface area contributed by atoms with Gasteiger partial charge in [-0.3, -0.25) is 4.99 Å². The highest BCUT2D eigenvalue weighted by molar-refractivity contribution is 14.0. The third-order valence-electron chi connectivity index (χ3n) is 4.96. The van der Waals surface area contributed by atoms with Crippen LogP contribution in [-0.2, 0) is 16.0 Å². The van der Waals surface area contributed by atoms with E-state index in [0.717, 1.165) is 36.8 Å². The number of hydrogen-bond donors (Lipinski definition) is 2. The largest absolute Gasteiger partial charge is 0.491 e. The summed E-state index contributed by atoms with van der Waals surface area (Å²) in [5.74, 6) is 1.68. The lowest BCUT2D eigenvalue weighted by atomic mass is 9.98. The van der Waals surface area contributed by atoms with E-state index >= 15 is 0 Å². The zero-order valence-corrected chi connectivity index (χ0v) is 20.5. The molecule has 166 valence electrons. The molecular formula is C22H38IN3O3. The average Bonchev–Trinajstić information content (AvgIpc) is 2.72. The monoisotopic (exact) mass is 519 g/mol. The minimum absolute atomic E-state index is 0. The van der Waals surface area contributed by atoms with Gasteiger partial charge >= 0.3 is 0 Å². The molecule has 1 fully saturated rings. The van der Waals surface area contributed by atoms with Crippen LogP contribution >= 0.6 is 24.0 Å². The fourth-order valence-electron chi connectivity index (χ4n) is 3.34. The molecule has 7 heteroatoms. The summed E-state index contributed by atoms with van der Waals surface area (Å²) in [6.07, 6.45) is 7.90. The van der Waals surface area contributed by atoms with E-state index < -0.39 is 0 Å². The third kappa shape index (κ3) is 10.5. The Bertz CT molecular complexity index is 593. The zero-order chi connectivity index (χ0) is 20.0. The second-order valence-electron chi connectivity index (χ2n) is 7.29. The Morgan fingerprint density at radius 3 is 2.62 bits per heavy atom. The van der Waals surface area contributed by atoms with E-state index in [0.29, 0.717) is 25.9 Å². The van der Waals surface area contributed by atoms with Crippen LogP contribution < -0.4 is 15.4 Å². The molecule has 1 saturated carbocycles. The van der Waals surface area contributed by atoms with Gasteiger partial charge in [0.25, 0.3) is 0 Å². The van der Waals surface area contributed by atoms with Gasteiger partial charge in [0.05, 0.1) is 12.7 Å². The molecule has 29 heavy (non-hydrogen) atoms. The predicted molar refractivity (Wildman–Crippen MR) is 130 cm³/mol. The minimum atomic E-state index is 0. The number of rotatable bonds is 11. The summed E-state index contributed by atoms with van der Waals surface area (Å²) in [5, 5.41) is 6.72. The van der Waals surface area contributed by atoms with Gasteiger partial charge in [-0.1, -0.05) is 31.4 Å². The molecule has 2 N–H and O–H groups in total. The highest BCUT2D eigenvalue weighted by atomic mass is 127. The van der Waals surface area contributed by atoms with Gasteiger partial charge in [0.2, 0.25) is 0 Å². The Morgan fingerprint density at radius 2 is 1.90 bits per heavy atom. The van der Waals surface area contributed by atoms with Crippen molar-refractivity contribution in [2.24, 2.45) is 4.99 Å².